The van der Waals surface area contributed by atoms with Crippen LogP contribution in [-0.2, 0) is 11.3 Å². The summed E-state index contributed by atoms with van der Waals surface area (Å²) >= 11 is 0. The Morgan fingerprint density at radius 3 is 2.34 bits per heavy atom. The van der Waals surface area contributed by atoms with Gasteiger partial charge in [0.05, 0.1) is 5.56 Å². The van der Waals surface area contributed by atoms with Crippen LogP contribution in [0.3, 0.4) is 0 Å². The molecule has 0 aliphatic heterocycles. The van der Waals surface area contributed by atoms with E-state index in [9.17, 15) is 14.0 Å². The van der Waals surface area contributed by atoms with Gasteiger partial charge in [-0.15, -0.1) is 0 Å². The Kier molecular flexibility index (Phi) is 5.00. The van der Waals surface area contributed by atoms with E-state index in [2.05, 4.69) is 5.32 Å². The number of carbonyl (C=O) groups excluding carboxylic acids is 2. The summed E-state index contributed by atoms with van der Waals surface area (Å²) < 4.78 is 15.9. The normalized spacial score (nSPS) is 11.0. The van der Waals surface area contributed by atoms with Crippen LogP contribution in [0.15, 0.2) is 97.2 Å². The molecule has 1 amide bonds. The highest BCUT2D eigenvalue weighted by atomic mass is 19.1. The van der Waals surface area contributed by atoms with Crippen molar-refractivity contribution in [3.63, 3.8) is 0 Å². The van der Waals surface area contributed by atoms with Crippen LogP contribution in [0.25, 0.3) is 21.7 Å². The average Bonchev–Trinajstić information content (AvgIpc) is 3.17. The van der Waals surface area contributed by atoms with Gasteiger partial charge in [0, 0.05) is 28.4 Å². The Hall–Kier alpha value is -4.25. The van der Waals surface area contributed by atoms with Crippen molar-refractivity contribution in [2.45, 2.75) is 6.54 Å². The van der Waals surface area contributed by atoms with E-state index >= 15 is 0 Å². The Bertz CT molecular complexity index is 1490. The molecule has 0 atom stereocenters. The highest BCUT2D eigenvalue weighted by Crippen LogP contribution is 2.25. The fraction of sp³-hybridized carbons (Fsp3) is 0.0370. The van der Waals surface area contributed by atoms with Gasteiger partial charge in [0.25, 0.3) is 0 Å². The monoisotopic (exact) mass is 422 g/mol. The summed E-state index contributed by atoms with van der Waals surface area (Å²) in [6.45, 7) is 0.0257. The first-order valence-electron chi connectivity index (χ1n) is 10.3. The molecular weight excluding hydrogens is 403 g/mol. The Balaban J connectivity index is 1.44. The number of nitrogens with zero attached hydrogens (tertiary/aromatic N) is 1. The van der Waals surface area contributed by atoms with Crippen molar-refractivity contribution in [1.82, 2.24) is 4.57 Å². The first-order chi connectivity index (χ1) is 15.6. The van der Waals surface area contributed by atoms with Crippen molar-refractivity contribution in [3.8, 4) is 0 Å². The molecule has 4 nitrogen and oxygen atoms in total. The molecule has 0 bridgehead atoms. The number of hydrogen-bond donors (Lipinski definition) is 1. The van der Waals surface area contributed by atoms with Gasteiger partial charge in [-0.2, -0.15) is 0 Å². The van der Waals surface area contributed by atoms with E-state index in [0.29, 0.717) is 16.6 Å². The van der Waals surface area contributed by atoms with Gasteiger partial charge in [0.2, 0.25) is 5.91 Å². The number of fused-ring (bicyclic) bond motifs is 2. The fourth-order valence-electron chi connectivity index (χ4n) is 3.97. The van der Waals surface area contributed by atoms with Gasteiger partial charge in [-0.1, -0.05) is 60.7 Å². The molecule has 0 saturated carbocycles. The highest BCUT2D eigenvalue weighted by Gasteiger charge is 2.20. The standard InChI is InChI=1S/C27H19FN2O2/c28-24-11-5-3-10-22(24)27(32)23-16-30(25-12-6-4-9-21(23)25)17-26(31)29-20-14-13-18-7-1-2-8-19(18)15-20/h1-16H,17H2,(H,29,31). The molecule has 5 aromatic rings. The summed E-state index contributed by atoms with van der Waals surface area (Å²) in [5.74, 6) is -1.19. The maximum atomic E-state index is 14.2. The molecule has 0 spiro atoms. The van der Waals surface area contributed by atoms with Crippen molar-refractivity contribution in [1.29, 1.82) is 0 Å². The largest absolute Gasteiger partial charge is 0.337 e. The fourth-order valence-corrected chi connectivity index (χ4v) is 3.97. The predicted octanol–water partition coefficient (Wildman–Crippen LogP) is 5.80. The van der Waals surface area contributed by atoms with Gasteiger partial charge in [-0.3, -0.25) is 9.59 Å². The second-order valence-corrected chi connectivity index (χ2v) is 7.61. The van der Waals surface area contributed by atoms with Gasteiger partial charge in [0.1, 0.15) is 12.4 Å². The van der Waals surface area contributed by atoms with Crippen LogP contribution < -0.4 is 5.32 Å². The van der Waals surface area contributed by atoms with E-state index in [1.54, 1.807) is 29.0 Å². The molecule has 156 valence electrons. The van der Waals surface area contributed by atoms with Crippen molar-refractivity contribution in [3.05, 3.63) is 114 Å². The number of benzene rings is 4. The number of aromatic nitrogens is 1. The molecule has 0 unspecified atom stereocenters. The first kappa shape index (κ1) is 19.7. The van der Waals surface area contributed by atoms with Crippen LogP contribution in [0.5, 0.6) is 0 Å². The van der Waals surface area contributed by atoms with Gasteiger partial charge < -0.3 is 9.88 Å². The average molecular weight is 422 g/mol. The summed E-state index contributed by atoms with van der Waals surface area (Å²) in [4.78, 5) is 25.8. The minimum Gasteiger partial charge on any atom is -0.337 e. The Labute approximate surface area is 183 Å². The number of para-hydroxylation sites is 1. The van der Waals surface area contributed by atoms with E-state index < -0.39 is 11.6 Å². The number of rotatable bonds is 5. The molecule has 0 radical (unpaired) electrons. The highest BCUT2D eigenvalue weighted by molar-refractivity contribution is 6.16. The molecule has 5 rings (SSSR count). The minimum absolute atomic E-state index is 0.0102. The zero-order valence-corrected chi connectivity index (χ0v) is 17.1. The van der Waals surface area contributed by atoms with Gasteiger partial charge in [0.15, 0.2) is 5.78 Å². The van der Waals surface area contributed by atoms with E-state index in [1.807, 2.05) is 60.7 Å². The first-order valence-corrected chi connectivity index (χ1v) is 10.3. The summed E-state index contributed by atoms with van der Waals surface area (Å²) in [5.41, 5.74) is 1.81. The van der Waals surface area contributed by atoms with Crippen LogP contribution in [-0.4, -0.2) is 16.3 Å². The SMILES string of the molecule is O=C(Cn1cc(C(=O)c2ccccc2F)c2ccccc21)Nc1ccc2ccccc2c1. The van der Waals surface area contributed by atoms with Crippen LogP contribution in [0, 0.1) is 5.82 Å². The molecule has 4 aromatic carbocycles. The lowest BCUT2D eigenvalue weighted by atomic mass is 10.0. The van der Waals surface area contributed by atoms with Gasteiger partial charge >= 0.3 is 0 Å². The molecule has 0 aliphatic rings. The maximum absolute atomic E-state index is 14.2. The van der Waals surface area contributed by atoms with E-state index in [4.69, 9.17) is 0 Å². The van der Waals surface area contributed by atoms with Crippen LogP contribution in [0.1, 0.15) is 15.9 Å². The van der Waals surface area contributed by atoms with Crippen molar-refractivity contribution in [2.24, 2.45) is 0 Å². The van der Waals surface area contributed by atoms with E-state index in [-0.39, 0.29) is 18.0 Å². The third kappa shape index (κ3) is 3.65. The second kappa shape index (κ2) is 8.12. The molecule has 5 heteroatoms. The number of ketones is 1. The molecule has 0 saturated heterocycles. The molecule has 1 N–H and O–H groups in total. The summed E-state index contributed by atoms with van der Waals surface area (Å²) in [5, 5.41) is 5.73. The number of nitrogens with one attached hydrogen (secondary N) is 1. The molecule has 0 fully saturated rings. The zero-order valence-electron chi connectivity index (χ0n) is 17.1. The van der Waals surface area contributed by atoms with Crippen molar-refractivity contribution >= 4 is 39.1 Å². The lowest BCUT2D eigenvalue weighted by molar-refractivity contribution is -0.116. The summed E-state index contributed by atoms with van der Waals surface area (Å²) in [7, 11) is 0. The van der Waals surface area contributed by atoms with E-state index in [0.717, 1.165) is 16.3 Å². The predicted molar refractivity (Wildman–Crippen MR) is 124 cm³/mol. The smallest absolute Gasteiger partial charge is 0.244 e. The quantitative estimate of drug-likeness (QED) is 0.364. The lowest BCUT2D eigenvalue weighted by Crippen LogP contribution is -2.18. The number of amides is 1. The molecule has 32 heavy (non-hydrogen) atoms. The third-order valence-corrected chi connectivity index (χ3v) is 5.50. The maximum Gasteiger partial charge on any atom is 0.244 e. The Morgan fingerprint density at radius 2 is 1.50 bits per heavy atom. The molecule has 1 aromatic heterocycles. The summed E-state index contributed by atoms with van der Waals surface area (Å²) in [6, 6.07) is 26.9. The van der Waals surface area contributed by atoms with Crippen LogP contribution in [0.2, 0.25) is 0 Å². The van der Waals surface area contributed by atoms with Crippen molar-refractivity contribution in [2.75, 3.05) is 5.32 Å². The number of hydrogen-bond acceptors (Lipinski definition) is 2. The zero-order chi connectivity index (χ0) is 22.1. The third-order valence-electron chi connectivity index (χ3n) is 5.50. The summed E-state index contributed by atoms with van der Waals surface area (Å²) in [6.07, 6.45) is 1.62. The van der Waals surface area contributed by atoms with Crippen LogP contribution >= 0.6 is 0 Å². The van der Waals surface area contributed by atoms with E-state index in [1.165, 1.54) is 12.1 Å². The topological polar surface area (TPSA) is 51.1 Å². The lowest BCUT2D eigenvalue weighted by Gasteiger charge is -2.08. The number of anilines is 1. The number of carbonyl (C=O) groups is 2. The second-order valence-electron chi connectivity index (χ2n) is 7.61. The van der Waals surface area contributed by atoms with Gasteiger partial charge in [-0.05, 0) is 41.1 Å². The molecule has 1 heterocycles. The van der Waals surface area contributed by atoms with Crippen LogP contribution in [0.4, 0.5) is 10.1 Å². The van der Waals surface area contributed by atoms with Gasteiger partial charge in [-0.25, -0.2) is 4.39 Å². The molecular formula is C27H19FN2O2. The van der Waals surface area contributed by atoms with Crippen molar-refractivity contribution < 1.29 is 14.0 Å². The molecule has 0 aliphatic carbocycles. The Morgan fingerprint density at radius 1 is 0.781 bits per heavy atom. The minimum atomic E-state index is -0.566. The number of halogens is 1.